The van der Waals surface area contributed by atoms with Crippen LogP contribution in [0.4, 0.5) is 0 Å². The number of para-hydroxylation sites is 1. The first-order valence-electron chi connectivity index (χ1n) is 14.1. The topological polar surface area (TPSA) is 115 Å². The van der Waals surface area contributed by atoms with Crippen molar-refractivity contribution >= 4 is 26.8 Å². The Morgan fingerprint density at radius 2 is 1.69 bits per heavy atom. The maximum atomic E-state index is 13.3. The molecule has 11 heteroatoms. The maximum Gasteiger partial charge on any atom is 0.264 e. The van der Waals surface area contributed by atoms with E-state index in [0.29, 0.717) is 39.3 Å². The van der Waals surface area contributed by atoms with Gasteiger partial charge < -0.3 is 15.0 Å². The molecule has 10 nitrogen and oxygen atoms in total. The van der Waals surface area contributed by atoms with Gasteiger partial charge in [0.2, 0.25) is 10.0 Å². The monoisotopic (exact) mass is 559 g/mol. The van der Waals surface area contributed by atoms with Gasteiger partial charge in [0.05, 0.1) is 17.9 Å². The molecular formula is C28H41N5O5S. The van der Waals surface area contributed by atoms with E-state index in [1.165, 1.54) is 10.6 Å². The lowest BCUT2D eigenvalue weighted by molar-refractivity contribution is 0.0276. The van der Waals surface area contributed by atoms with Crippen LogP contribution >= 0.6 is 0 Å². The predicted octanol–water partition coefficient (Wildman–Crippen LogP) is 1.25. The number of amides is 1. The summed E-state index contributed by atoms with van der Waals surface area (Å²) in [6.45, 7) is 7.17. The van der Waals surface area contributed by atoms with Crippen molar-refractivity contribution < 1.29 is 18.3 Å². The van der Waals surface area contributed by atoms with Gasteiger partial charge in [-0.25, -0.2) is 8.42 Å². The zero-order valence-corrected chi connectivity index (χ0v) is 23.9. The van der Waals surface area contributed by atoms with Crippen LogP contribution in [0.5, 0.6) is 0 Å². The molecule has 214 valence electrons. The number of hydrogen-bond acceptors (Lipinski definition) is 7. The van der Waals surface area contributed by atoms with Gasteiger partial charge in [-0.05, 0) is 57.0 Å². The van der Waals surface area contributed by atoms with Gasteiger partial charge in [0.1, 0.15) is 5.56 Å². The zero-order chi connectivity index (χ0) is 27.9. The van der Waals surface area contributed by atoms with Gasteiger partial charge in [0.15, 0.2) is 0 Å². The molecule has 3 aliphatic rings. The van der Waals surface area contributed by atoms with E-state index >= 15 is 0 Å². The van der Waals surface area contributed by atoms with Crippen LogP contribution in [0.15, 0.2) is 35.1 Å². The summed E-state index contributed by atoms with van der Waals surface area (Å²) in [5.41, 5.74) is 0.752. The Hall–Kier alpha value is -2.31. The van der Waals surface area contributed by atoms with E-state index in [0.717, 1.165) is 36.6 Å². The number of carbonyl (C=O) groups excluding carboxylic acids is 1. The van der Waals surface area contributed by atoms with Gasteiger partial charge in [0, 0.05) is 63.4 Å². The van der Waals surface area contributed by atoms with E-state index in [1.54, 1.807) is 10.6 Å². The number of fused-ring (bicyclic) bond motifs is 3. The first kappa shape index (κ1) is 28.2. The van der Waals surface area contributed by atoms with Crippen LogP contribution in [0.1, 0.15) is 55.9 Å². The first-order chi connectivity index (χ1) is 18.5. The average Bonchev–Trinajstić information content (AvgIpc) is 3.10. The molecule has 0 radical (unpaired) electrons. The van der Waals surface area contributed by atoms with Gasteiger partial charge in [-0.2, -0.15) is 4.31 Å². The Bertz CT molecular complexity index is 1350. The Labute approximate surface area is 230 Å². The highest BCUT2D eigenvalue weighted by Gasteiger charge is 2.42. The second-order valence-electron chi connectivity index (χ2n) is 11.7. The molecule has 0 spiro atoms. The summed E-state index contributed by atoms with van der Waals surface area (Å²) in [5.74, 6) is -0.314. The van der Waals surface area contributed by atoms with Crippen LogP contribution in [-0.4, -0.2) is 108 Å². The molecule has 2 aromatic rings. The minimum atomic E-state index is -3.17. The molecule has 4 heterocycles. The van der Waals surface area contributed by atoms with E-state index in [4.69, 9.17) is 0 Å². The molecule has 0 saturated carbocycles. The van der Waals surface area contributed by atoms with Gasteiger partial charge in [-0.3, -0.25) is 19.4 Å². The number of nitrogens with zero attached hydrogens (tertiary/aromatic N) is 4. The lowest BCUT2D eigenvalue weighted by Crippen LogP contribution is -2.55. The molecule has 1 aromatic heterocycles. The molecule has 3 fully saturated rings. The maximum absolute atomic E-state index is 13.3. The van der Waals surface area contributed by atoms with Crippen LogP contribution in [0.25, 0.3) is 10.9 Å². The molecule has 2 bridgehead atoms. The molecule has 2 N–H and O–H groups in total. The van der Waals surface area contributed by atoms with Gasteiger partial charge >= 0.3 is 0 Å². The van der Waals surface area contributed by atoms with Crippen molar-refractivity contribution in [1.82, 2.24) is 24.0 Å². The quantitative estimate of drug-likeness (QED) is 0.500. The fourth-order valence-corrected chi connectivity index (χ4v) is 7.58. The molecule has 3 aliphatic heterocycles. The predicted molar refractivity (Wildman–Crippen MR) is 151 cm³/mol. The zero-order valence-electron chi connectivity index (χ0n) is 23.1. The standard InChI is InChI=1S/C28H41N5O5S/c1-19(2)33-26-7-5-4-6-20(26)14-25(28(33)36)27(35)29-21-15-22-8-9-23(16-21)32(22)18-24(34)17-30-10-12-31(13-11-30)39(3,37)38/h4-7,14,19,21-24,34H,8-13,15-18H2,1-3H3,(H,29,35)/t21?,22-,23+,24?. The van der Waals surface area contributed by atoms with Gasteiger partial charge in [0.25, 0.3) is 11.5 Å². The molecule has 39 heavy (non-hydrogen) atoms. The minimum Gasteiger partial charge on any atom is -0.390 e. The third-order valence-corrected chi connectivity index (χ3v) is 9.92. The number of benzene rings is 1. The van der Waals surface area contributed by atoms with E-state index < -0.39 is 16.1 Å². The minimum absolute atomic E-state index is 0.00849. The Balaban J connectivity index is 1.18. The van der Waals surface area contributed by atoms with E-state index in [1.807, 2.05) is 38.1 Å². The molecule has 2 unspecified atom stereocenters. The third-order valence-electron chi connectivity index (χ3n) is 8.62. The third kappa shape index (κ3) is 6.07. The van der Waals surface area contributed by atoms with Crippen molar-refractivity contribution in [2.75, 3.05) is 45.5 Å². The summed E-state index contributed by atoms with van der Waals surface area (Å²) in [4.78, 5) is 31.1. The summed E-state index contributed by atoms with van der Waals surface area (Å²) >= 11 is 0. The second-order valence-corrected chi connectivity index (χ2v) is 13.7. The molecule has 3 saturated heterocycles. The van der Waals surface area contributed by atoms with Crippen LogP contribution in [0.2, 0.25) is 0 Å². The van der Waals surface area contributed by atoms with Crippen molar-refractivity contribution in [3.63, 3.8) is 0 Å². The number of piperazine rings is 1. The Kier molecular flexibility index (Phi) is 8.17. The fourth-order valence-electron chi connectivity index (χ4n) is 6.76. The van der Waals surface area contributed by atoms with Crippen LogP contribution in [-0.2, 0) is 10.0 Å². The summed E-state index contributed by atoms with van der Waals surface area (Å²) in [5, 5.41) is 14.9. The molecule has 1 aromatic carbocycles. The summed E-state index contributed by atoms with van der Waals surface area (Å²) in [7, 11) is -3.17. The summed E-state index contributed by atoms with van der Waals surface area (Å²) in [6.07, 6.45) is 4.39. The number of β-amino-alcohol motifs (C(OH)–C–C–N with tert-alkyl or cyclic N) is 1. The van der Waals surface area contributed by atoms with Crippen molar-refractivity contribution in [2.24, 2.45) is 0 Å². The number of aromatic nitrogens is 1. The Morgan fingerprint density at radius 3 is 2.31 bits per heavy atom. The van der Waals surface area contributed by atoms with Crippen molar-refractivity contribution in [3.8, 4) is 0 Å². The van der Waals surface area contributed by atoms with Crippen LogP contribution in [0.3, 0.4) is 0 Å². The number of carbonyl (C=O) groups is 1. The van der Waals surface area contributed by atoms with E-state index in [2.05, 4.69) is 15.1 Å². The van der Waals surface area contributed by atoms with Gasteiger partial charge in [-0.1, -0.05) is 18.2 Å². The number of piperidine rings is 1. The van der Waals surface area contributed by atoms with Crippen molar-refractivity contribution in [3.05, 3.63) is 46.2 Å². The van der Waals surface area contributed by atoms with Gasteiger partial charge in [-0.15, -0.1) is 0 Å². The van der Waals surface area contributed by atoms with Crippen LogP contribution < -0.4 is 10.9 Å². The SMILES string of the molecule is CC(C)n1c(=O)c(C(=O)NC2C[C@H]3CC[C@@H](C2)N3CC(O)CN2CCN(S(C)(=O)=O)CC2)cc2ccccc21. The normalized spacial score (nSPS) is 25.8. The molecule has 5 rings (SSSR count). The first-order valence-corrected chi connectivity index (χ1v) is 15.9. The molecule has 0 aliphatic carbocycles. The fraction of sp³-hybridized carbons (Fsp3) is 0.643. The number of pyridine rings is 1. The molecule has 4 atom stereocenters. The van der Waals surface area contributed by atoms with Crippen LogP contribution in [0, 0.1) is 0 Å². The van der Waals surface area contributed by atoms with E-state index in [9.17, 15) is 23.1 Å². The largest absolute Gasteiger partial charge is 0.390 e. The second kappa shape index (κ2) is 11.3. The highest BCUT2D eigenvalue weighted by atomic mass is 32.2. The summed E-state index contributed by atoms with van der Waals surface area (Å²) in [6, 6.07) is 9.87. The van der Waals surface area contributed by atoms with E-state index in [-0.39, 0.29) is 41.2 Å². The number of aliphatic hydroxyl groups is 1. The molecule has 1 amide bonds. The number of nitrogens with one attached hydrogen (secondary N) is 1. The molecular weight excluding hydrogens is 518 g/mol. The lowest BCUT2D eigenvalue weighted by Gasteiger charge is -2.41. The highest BCUT2D eigenvalue weighted by molar-refractivity contribution is 7.88. The number of rotatable bonds is 8. The van der Waals surface area contributed by atoms with Crippen molar-refractivity contribution in [2.45, 2.75) is 69.8 Å². The number of hydrogen-bond donors (Lipinski definition) is 2. The summed E-state index contributed by atoms with van der Waals surface area (Å²) < 4.78 is 26.7. The number of sulfonamides is 1. The lowest BCUT2D eigenvalue weighted by atomic mass is 9.96. The Morgan fingerprint density at radius 1 is 1.05 bits per heavy atom. The highest BCUT2D eigenvalue weighted by Crippen LogP contribution is 2.36. The number of aliphatic hydroxyl groups excluding tert-OH is 1. The smallest absolute Gasteiger partial charge is 0.264 e. The average molecular weight is 560 g/mol. The van der Waals surface area contributed by atoms with Crippen molar-refractivity contribution in [1.29, 1.82) is 0 Å².